The van der Waals surface area contributed by atoms with Crippen molar-refractivity contribution in [3.63, 3.8) is 0 Å². The SMILES string of the molecule is O=[C]N(Oc1ccccc1)c1ccccc1C(=O)Nc1ccc(I)cc1. The molecular formula is C20H14IN2O3. The van der Waals surface area contributed by atoms with Gasteiger partial charge in [0.05, 0.1) is 11.3 Å². The normalized spacial score (nSPS) is 10.0. The summed E-state index contributed by atoms with van der Waals surface area (Å²) in [5.41, 5.74) is 1.26. The highest BCUT2D eigenvalue weighted by Gasteiger charge is 2.18. The van der Waals surface area contributed by atoms with E-state index in [0.29, 0.717) is 22.7 Å². The second-order valence-electron chi connectivity index (χ2n) is 5.27. The van der Waals surface area contributed by atoms with Crippen LogP contribution in [0.3, 0.4) is 0 Å². The van der Waals surface area contributed by atoms with Crippen molar-refractivity contribution in [3.05, 3.63) is 88.0 Å². The van der Waals surface area contributed by atoms with Gasteiger partial charge in [-0.15, -0.1) is 5.06 Å². The van der Waals surface area contributed by atoms with E-state index in [1.165, 1.54) is 0 Å². The van der Waals surface area contributed by atoms with Crippen LogP contribution >= 0.6 is 22.6 Å². The number of para-hydroxylation sites is 2. The number of rotatable bonds is 6. The van der Waals surface area contributed by atoms with Crippen molar-refractivity contribution in [1.29, 1.82) is 0 Å². The number of carbonyl (C=O) groups is 1. The molecule has 0 aliphatic heterocycles. The summed E-state index contributed by atoms with van der Waals surface area (Å²) in [4.78, 5) is 29.6. The molecule has 129 valence electrons. The molecule has 0 spiro atoms. The fourth-order valence-electron chi connectivity index (χ4n) is 2.28. The first-order valence-corrected chi connectivity index (χ1v) is 8.82. The Hall–Kier alpha value is -2.87. The Labute approximate surface area is 164 Å². The van der Waals surface area contributed by atoms with Crippen molar-refractivity contribution in [2.24, 2.45) is 0 Å². The summed E-state index contributed by atoms with van der Waals surface area (Å²) in [6, 6.07) is 22.9. The highest BCUT2D eigenvalue weighted by Crippen LogP contribution is 2.23. The minimum absolute atomic E-state index is 0.297. The molecule has 2 amide bonds. The third-order valence-corrected chi connectivity index (χ3v) is 4.21. The van der Waals surface area contributed by atoms with Crippen LogP contribution in [0.2, 0.25) is 0 Å². The molecule has 0 saturated heterocycles. The van der Waals surface area contributed by atoms with Crippen LogP contribution in [0.4, 0.5) is 11.4 Å². The van der Waals surface area contributed by atoms with E-state index < -0.39 is 0 Å². The molecule has 0 aliphatic carbocycles. The van der Waals surface area contributed by atoms with Gasteiger partial charge in [-0.1, -0.05) is 30.3 Å². The maximum atomic E-state index is 12.7. The Morgan fingerprint density at radius 2 is 1.58 bits per heavy atom. The molecular weight excluding hydrogens is 443 g/mol. The molecule has 0 bridgehead atoms. The van der Waals surface area contributed by atoms with E-state index in [0.717, 1.165) is 8.63 Å². The average molecular weight is 457 g/mol. The molecule has 0 saturated carbocycles. The van der Waals surface area contributed by atoms with E-state index >= 15 is 0 Å². The van der Waals surface area contributed by atoms with Gasteiger partial charge < -0.3 is 10.2 Å². The molecule has 1 radical (unpaired) electrons. The number of carbonyl (C=O) groups excluding carboxylic acids is 2. The van der Waals surface area contributed by atoms with Gasteiger partial charge in [-0.3, -0.25) is 9.59 Å². The lowest BCUT2D eigenvalue weighted by Gasteiger charge is -2.19. The molecule has 0 aromatic heterocycles. The minimum Gasteiger partial charge on any atom is -0.371 e. The Bertz CT molecular complexity index is 898. The second kappa shape index (κ2) is 8.48. The maximum absolute atomic E-state index is 12.7. The molecule has 3 aromatic rings. The van der Waals surface area contributed by atoms with Crippen molar-refractivity contribution in [1.82, 2.24) is 0 Å². The number of nitrogens with one attached hydrogen (secondary N) is 1. The van der Waals surface area contributed by atoms with Crippen LogP contribution in [0.25, 0.3) is 0 Å². The zero-order valence-corrected chi connectivity index (χ0v) is 15.7. The van der Waals surface area contributed by atoms with Gasteiger partial charge in [-0.2, -0.15) is 0 Å². The number of halogens is 1. The van der Waals surface area contributed by atoms with Gasteiger partial charge in [0.15, 0.2) is 5.75 Å². The predicted molar refractivity (Wildman–Crippen MR) is 109 cm³/mol. The van der Waals surface area contributed by atoms with Crippen LogP contribution in [0.15, 0.2) is 78.9 Å². The number of anilines is 2. The van der Waals surface area contributed by atoms with Crippen molar-refractivity contribution in [2.75, 3.05) is 10.4 Å². The highest BCUT2D eigenvalue weighted by molar-refractivity contribution is 14.1. The lowest BCUT2D eigenvalue weighted by atomic mass is 10.1. The molecule has 5 nitrogen and oxygen atoms in total. The van der Waals surface area contributed by atoms with E-state index in [9.17, 15) is 9.59 Å². The van der Waals surface area contributed by atoms with Gasteiger partial charge in [-0.25, -0.2) is 0 Å². The van der Waals surface area contributed by atoms with Gasteiger partial charge in [-0.05, 0) is 71.1 Å². The van der Waals surface area contributed by atoms with E-state index in [1.54, 1.807) is 54.9 Å². The molecule has 26 heavy (non-hydrogen) atoms. The average Bonchev–Trinajstić information content (AvgIpc) is 2.68. The number of amides is 2. The number of hydroxylamine groups is 1. The first kappa shape index (κ1) is 17.9. The zero-order valence-electron chi connectivity index (χ0n) is 13.6. The largest absolute Gasteiger partial charge is 0.371 e. The summed E-state index contributed by atoms with van der Waals surface area (Å²) in [6.07, 6.45) is 1.71. The van der Waals surface area contributed by atoms with Crippen LogP contribution in [0.1, 0.15) is 10.4 Å². The summed E-state index contributed by atoms with van der Waals surface area (Å²) in [5, 5.41) is 3.73. The molecule has 0 aliphatic rings. The van der Waals surface area contributed by atoms with Crippen molar-refractivity contribution in [2.45, 2.75) is 0 Å². The maximum Gasteiger partial charge on any atom is 0.352 e. The molecule has 0 fully saturated rings. The number of nitrogens with zero attached hydrogens (tertiary/aromatic N) is 1. The number of hydrogen-bond donors (Lipinski definition) is 1. The smallest absolute Gasteiger partial charge is 0.352 e. The van der Waals surface area contributed by atoms with Crippen molar-refractivity contribution in [3.8, 4) is 5.75 Å². The standard InChI is InChI=1S/C20H14IN2O3/c21-15-10-12-16(13-11-15)22-20(25)18-8-4-5-9-19(18)23(14-24)26-17-6-2-1-3-7-17/h1-13H,(H,22,25). The summed E-state index contributed by atoms with van der Waals surface area (Å²) in [5.74, 6) is 0.113. The third-order valence-electron chi connectivity index (χ3n) is 3.49. The topological polar surface area (TPSA) is 58.6 Å². The van der Waals surface area contributed by atoms with Crippen LogP contribution in [-0.2, 0) is 4.79 Å². The van der Waals surface area contributed by atoms with Gasteiger partial charge in [0.1, 0.15) is 0 Å². The summed E-state index contributed by atoms with van der Waals surface area (Å²) in [7, 11) is 0. The Balaban J connectivity index is 1.85. The van der Waals surface area contributed by atoms with Crippen LogP contribution in [0.5, 0.6) is 5.75 Å². The Morgan fingerprint density at radius 3 is 2.27 bits per heavy atom. The van der Waals surface area contributed by atoms with Gasteiger partial charge in [0, 0.05) is 9.26 Å². The number of benzene rings is 3. The molecule has 0 unspecified atom stereocenters. The lowest BCUT2D eigenvalue weighted by Crippen LogP contribution is -2.28. The molecule has 0 heterocycles. The van der Waals surface area contributed by atoms with Gasteiger partial charge in [0.25, 0.3) is 5.91 Å². The minimum atomic E-state index is -0.348. The molecule has 0 atom stereocenters. The molecule has 1 N–H and O–H groups in total. The van der Waals surface area contributed by atoms with Crippen molar-refractivity contribution >= 4 is 46.3 Å². The lowest BCUT2D eigenvalue weighted by molar-refractivity contribution is 0.102. The van der Waals surface area contributed by atoms with E-state index in [1.807, 2.05) is 30.3 Å². The van der Waals surface area contributed by atoms with Gasteiger partial charge in [0.2, 0.25) is 0 Å². The zero-order chi connectivity index (χ0) is 18.4. The Kier molecular flexibility index (Phi) is 5.85. The van der Waals surface area contributed by atoms with Crippen LogP contribution < -0.4 is 15.2 Å². The monoisotopic (exact) mass is 457 g/mol. The first-order chi connectivity index (χ1) is 12.7. The molecule has 6 heteroatoms. The third kappa shape index (κ3) is 4.40. The summed E-state index contributed by atoms with van der Waals surface area (Å²) < 4.78 is 1.07. The second-order valence-corrected chi connectivity index (χ2v) is 6.51. The quantitative estimate of drug-likeness (QED) is 0.339. The molecule has 3 aromatic carbocycles. The first-order valence-electron chi connectivity index (χ1n) is 7.74. The summed E-state index contributed by atoms with van der Waals surface area (Å²) in [6.45, 7) is 0. The van der Waals surface area contributed by atoms with E-state index in [-0.39, 0.29) is 5.91 Å². The summed E-state index contributed by atoms with van der Waals surface area (Å²) >= 11 is 2.19. The Morgan fingerprint density at radius 1 is 0.923 bits per heavy atom. The van der Waals surface area contributed by atoms with E-state index in [2.05, 4.69) is 27.9 Å². The van der Waals surface area contributed by atoms with Crippen LogP contribution in [-0.4, -0.2) is 12.3 Å². The van der Waals surface area contributed by atoms with Gasteiger partial charge >= 0.3 is 6.41 Å². The fraction of sp³-hybridized carbons (Fsp3) is 0. The molecule has 3 rings (SSSR count). The highest BCUT2D eigenvalue weighted by atomic mass is 127. The van der Waals surface area contributed by atoms with E-state index in [4.69, 9.17) is 4.84 Å². The number of hydrogen-bond acceptors (Lipinski definition) is 3. The van der Waals surface area contributed by atoms with Crippen LogP contribution in [0, 0.1) is 3.57 Å². The fourth-order valence-corrected chi connectivity index (χ4v) is 2.64. The van der Waals surface area contributed by atoms with Crippen molar-refractivity contribution < 1.29 is 14.4 Å². The predicted octanol–water partition coefficient (Wildman–Crippen LogP) is 4.41.